The fraction of sp³-hybridized carbons (Fsp3) is 0.727. The van der Waals surface area contributed by atoms with E-state index in [0.717, 1.165) is 0 Å². The monoisotopic (exact) mass is 363 g/mol. The maximum Gasteiger partial charge on any atom is 0.408 e. The SMILES string of the molecule is CC(C)(C)OC(=O)NC(CC(=O)O)C(=O)OCC(Cl)(Cl)Cl. The highest BCUT2D eigenvalue weighted by molar-refractivity contribution is 6.67. The number of nitrogens with one attached hydrogen (secondary N) is 1. The van der Waals surface area contributed by atoms with E-state index in [1.165, 1.54) is 0 Å². The number of amides is 1. The summed E-state index contributed by atoms with van der Waals surface area (Å²) in [4.78, 5) is 33.9. The van der Waals surface area contributed by atoms with Crippen LogP contribution in [-0.2, 0) is 19.1 Å². The molecule has 0 aliphatic rings. The lowest BCUT2D eigenvalue weighted by molar-refractivity contribution is -0.150. The Morgan fingerprint density at radius 1 is 1.19 bits per heavy atom. The zero-order chi connectivity index (χ0) is 16.8. The maximum atomic E-state index is 11.7. The Labute approximate surface area is 136 Å². The Morgan fingerprint density at radius 3 is 2.10 bits per heavy atom. The van der Waals surface area contributed by atoms with Gasteiger partial charge in [0.2, 0.25) is 3.79 Å². The summed E-state index contributed by atoms with van der Waals surface area (Å²) in [6, 6.07) is -1.45. The molecule has 0 saturated carbocycles. The van der Waals surface area contributed by atoms with Gasteiger partial charge >= 0.3 is 18.0 Å². The van der Waals surface area contributed by atoms with Crippen molar-refractivity contribution in [2.45, 2.75) is 42.6 Å². The number of aliphatic carboxylic acids is 1. The summed E-state index contributed by atoms with van der Waals surface area (Å²) in [5.74, 6) is -2.36. The van der Waals surface area contributed by atoms with Gasteiger partial charge in [0, 0.05) is 0 Å². The highest BCUT2D eigenvalue weighted by atomic mass is 35.6. The Bertz CT molecular complexity index is 402. The van der Waals surface area contributed by atoms with Crippen LogP contribution in [0.15, 0.2) is 0 Å². The topological polar surface area (TPSA) is 102 Å². The number of hydrogen-bond acceptors (Lipinski definition) is 5. The van der Waals surface area contributed by atoms with E-state index in [9.17, 15) is 14.4 Å². The third kappa shape index (κ3) is 11.4. The van der Waals surface area contributed by atoms with E-state index in [-0.39, 0.29) is 0 Å². The van der Waals surface area contributed by atoms with E-state index in [4.69, 9.17) is 44.6 Å². The van der Waals surface area contributed by atoms with Crippen LogP contribution in [0.3, 0.4) is 0 Å². The molecule has 10 heteroatoms. The number of alkyl carbamates (subject to hydrolysis) is 1. The first-order valence-corrected chi connectivity index (χ1v) is 6.88. The standard InChI is InChI=1S/C11H16Cl3NO6/c1-10(2,3)21-9(19)15-6(4-7(16)17)8(18)20-5-11(12,13)14/h6H,4-5H2,1-3H3,(H,15,19)(H,16,17). The number of hydrogen-bond donors (Lipinski definition) is 2. The van der Waals surface area contributed by atoms with Gasteiger partial charge in [0.1, 0.15) is 18.2 Å². The normalized spacial score (nSPS) is 13.2. The second kappa shape index (κ2) is 7.91. The Morgan fingerprint density at radius 2 is 1.71 bits per heavy atom. The van der Waals surface area contributed by atoms with E-state index in [2.05, 4.69) is 10.1 Å². The van der Waals surface area contributed by atoms with Crippen LogP contribution < -0.4 is 5.32 Å². The number of rotatable bonds is 5. The summed E-state index contributed by atoms with van der Waals surface area (Å²) < 4.78 is 7.71. The summed E-state index contributed by atoms with van der Waals surface area (Å²) in [6.07, 6.45) is -1.66. The molecule has 1 atom stereocenters. The van der Waals surface area contributed by atoms with Crippen LogP contribution in [0, 0.1) is 0 Å². The van der Waals surface area contributed by atoms with Gasteiger partial charge in [-0.1, -0.05) is 34.8 Å². The zero-order valence-electron chi connectivity index (χ0n) is 11.6. The largest absolute Gasteiger partial charge is 0.481 e. The Kier molecular flexibility index (Phi) is 7.56. The fourth-order valence-electron chi connectivity index (χ4n) is 1.07. The van der Waals surface area contributed by atoms with Crippen LogP contribution in [0.5, 0.6) is 0 Å². The maximum absolute atomic E-state index is 11.7. The quantitative estimate of drug-likeness (QED) is 0.573. The number of carboxylic acids is 1. The third-order valence-corrected chi connectivity index (χ3v) is 2.06. The van der Waals surface area contributed by atoms with Crippen molar-refractivity contribution in [3.8, 4) is 0 Å². The van der Waals surface area contributed by atoms with Crippen LogP contribution in [-0.4, -0.2) is 45.2 Å². The van der Waals surface area contributed by atoms with Crippen molar-refractivity contribution in [3.05, 3.63) is 0 Å². The Balaban J connectivity index is 4.68. The van der Waals surface area contributed by atoms with Gasteiger partial charge in [0.15, 0.2) is 0 Å². The number of alkyl halides is 3. The molecule has 7 nitrogen and oxygen atoms in total. The molecule has 0 aromatic rings. The zero-order valence-corrected chi connectivity index (χ0v) is 13.9. The second-order valence-electron chi connectivity index (χ2n) is 5.02. The first kappa shape index (κ1) is 20.1. The van der Waals surface area contributed by atoms with Gasteiger partial charge in [0.05, 0.1) is 6.42 Å². The second-order valence-corrected chi connectivity index (χ2v) is 7.54. The van der Waals surface area contributed by atoms with Gasteiger partial charge < -0.3 is 19.9 Å². The molecule has 0 saturated heterocycles. The van der Waals surface area contributed by atoms with Gasteiger partial charge in [-0.05, 0) is 20.8 Å². The summed E-state index contributed by atoms with van der Waals surface area (Å²) in [5, 5.41) is 10.8. The third-order valence-electron chi connectivity index (χ3n) is 1.73. The molecule has 0 aliphatic carbocycles. The lowest BCUT2D eigenvalue weighted by Crippen LogP contribution is -2.45. The molecule has 0 heterocycles. The molecule has 1 amide bonds. The van der Waals surface area contributed by atoms with Crippen molar-refractivity contribution < 1.29 is 29.0 Å². The van der Waals surface area contributed by atoms with Crippen LogP contribution in [0.4, 0.5) is 4.79 Å². The molecule has 122 valence electrons. The van der Waals surface area contributed by atoms with Crippen molar-refractivity contribution >= 4 is 52.8 Å². The smallest absolute Gasteiger partial charge is 0.408 e. The van der Waals surface area contributed by atoms with Gasteiger partial charge in [-0.3, -0.25) is 4.79 Å². The summed E-state index contributed by atoms with van der Waals surface area (Å²) in [6.45, 7) is 4.25. The summed E-state index contributed by atoms with van der Waals surface area (Å²) >= 11 is 16.2. The molecule has 0 bridgehead atoms. The molecule has 0 rings (SSSR count). The van der Waals surface area contributed by atoms with Gasteiger partial charge in [-0.15, -0.1) is 0 Å². The lowest BCUT2D eigenvalue weighted by Gasteiger charge is -2.22. The van der Waals surface area contributed by atoms with Crippen LogP contribution in [0.25, 0.3) is 0 Å². The molecule has 0 aromatic carbocycles. The minimum atomic E-state index is -1.84. The molecule has 0 aromatic heterocycles. The van der Waals surface area contributed by atoms with E-state index in [1.807, 2.05) is 0 Å². The van der Waals surface area contributed by atoms with Crippen LogP contribution >= 0.6 is 34.8 Å². The van der Waals surface area contributed by atoms with E-state index in [1.54, 1.807) is 20.8 Å². The number of carboxylic acid groups (broad SMARTS) is 1. The summed E-state index contributed by atoms with van der Waals surface area (Å²) in [7, 11) is 0. The molecule has 0 fully saturated rings. The van der Waals surface area contributed by atoms with E-state index in [0.29, 0.717) is 0 Å². The van der Waals surface area contributed by atoms with Crippen molar-refractivity contribution in [1.29, 1.82) is 0 Å². The van der Waals surface area contributed by atoms with E-state index < -0.39 is 46.5 Å². The van der Waals surface area contributed by atoms with Crippen molar-refractivity contribution in [1.82, 2.24) is 5.32 Å². The number of ether oxygens (including phenoxy) is 2. The first-order valence-electron chi connectivity index (χ1n) is 5.75. The fourth-order valence-corrected chi connectivity index (χ4v) is 1.23. The van der Waals surface area contributed by atoms with Gasteiger partial charge in [0.25, 0.3) is 0 Å². The molecular formula is C11H16Cl3NO6. The average molecular weight is 365 g/mol. The van der Waals surface area contributed by atoms with Crippen LogP contribution in [0.2, 0.25) is 0 Å². The molecule has 0 radical (unpaired) electrons. The predicted octanol–water partition coefficient (Wildman–Crippen LogP) is 2.27. The number of carbonyl (C=O) groups is 3. The molecule has 2 N–H and O–H groups in total. The minimum absolute atomic E-state index is 0.581. The molecule has 1 unspecified atom stereocenters. The van der Waals surface area contributed by atoms with E-state index >= 15 is 0 Å². The number of carbonyl (C=O) groups excluding carboxylic acids is 2. The first-order chi connectivity index (χ1) is 9.30. The van der Waals surface area contributed by atoms with Gasteiger partial charge in [-0.25, -0.2) is 9.59 Å². The number of esters is 1. The molecule has 0 aliphatic heterocycles. The predicted molar refractivity (Wildman–Crippen MR) is 76.7 cm³/mol. The van der Waals surface area contributed by atoms with Crippen molar-refractivity contribution in [2.75, 3.05) is 6.61 Å². The van der Waals surface area contributed by atoms with Gasteiger partial charge in [-0.2, -0.15) is 0 Å². The highest BCUT2D eigenvalue weighted by Crippen LogP contribution is 2.26. The van der Waals surface area contributed by atoms with Crippen molar-refractivity contribution in [3.63, 3.8) is 0 Å². The average Bonchev–Trinajstić information content (AvgIpc) is 2.20. The molecule has 0 spiro atoms. The number of halogens is 3. The highest BCUT2D eigenvalue weighted by Gasteiger charge is 2.30. The molecular weight excluding hydrogens is 348 g/mol. The van der Waals surface area contributed by atoms with Crippen molar-refractivity contribution in [2.24, 2.45) is 0 Å². The van der Waals surface area contributed by atoms with Crippen LogP contribution in [0.1, 0.15) is 27.2 Å². The Hall–Kier alpha value is -0.920. The minimum Gasteiger partial charge on any atom is -0.481 e. The lowest BCUT2D eigenvalue weighted by atomic mass is 10.2. The molecule has 21 heavy (non-hydrogen) atoms. The summed E-state index contributed by atoms with van der Waals surface area (Å²) in [5.41, 5.74) is -0.806.